The van der Waals surface area contributed by atoms with E-state index in [9.17, 15) is 14.7 Å². The molecule has 0 amide bonds. The van der Waals surface area contributed by atoms with Gasteiger partial charge in [-0.3, -0.25) is 9.59 Å². The highest BCUT2D eigenvalue weighted by molar-refractivity contribution is 6.00. The molecule has 0 spiro atoms. The number of carbonyl (C=O) groups is 2. The van der Waals surface area contributed by atoms with E-state index in [4.69, 9.17) is 0 Å². The van der Waals surface area contributed by atoms with Crippen molar-refractivity contribution in [2.24, 2.45) is 56.2 Å². The molecule has 5 rings (SSSR count). The van der Waals surface area contributed by atoms with Crippen molar-refractivity contribution in [2.45, 2.75) is 113 Å². The first-order valence-electron chi connectivity index (χ1n) is 14.0. The highest BCUT2D eigenvalue weighted by Crippen LogP contribution is 2.76. The van der Waals surface area contributed by atoms with Crippen molar-refractivity contribution in [3.8, 4) is 0 Å². The summed E-state index contributed by atoms with van der Waals surface area (Å²) in [6.45, 7) is 18.8. The van der Waals surface area contributed by atoms with Crippen LogP contribution in [0.2, 0.25) is 0 Å². The number of rotatable bonds is 0. The molecule has 8 atom stereocenters. The quantitative estimate of drug-likeness (QED) is 0.293. The molecular weight excluding hydrogens is 420 g/mol. The molecule has 0 aliphatic heterocycles. The van der Waals surface area contributed by atoms with E-state index in [1.54, 1.807) is 0 Å². The number of aliphatic hydroxyl groups excluding tert-OH is 1. The van der Waals surface area contributed by atoms with Gasteiger partial charge in [-0.25, -0.2) is 0 Å². The first-order chi connectivity index (χ1) is 15.6. The van der Waals surface area contributed by atoms with E-state index in [1.165, 1.54) is 25.7 Å². The Labute approximate surface area is 207 Å². The van der Waals surface area contributed by atoms with Crippen molar-refractivity contribution < 1.29 is 14.7 Å². The highest BCUT2D eigenvalue weighted by Gasteiger charge is 2.72. The average Bonchev–Trinajstić information content (AvgIpc) is 2.74. The SMILES string of the molecule is CC1(C)CC[C@]2(C)CC[C@]3(C)C(C(=O)C[C@@H]4[C@@]5(C)C/C(=C\O)C(=O)C(C)(C)[C@@H]5CC[C@]43C)C2C1. The Morgan fingerprint density at radius 3 is 2.12 bits per heavy atom. The van der Waals surface area contributed by atoms with E-state index >= 15 is 0 Å². The zero-order chi connectivity index (χ0) is 25.1. The summed E-state index contributed by atoms with van der Waals surface area (Å²) in [6, 6.07) is 0. The first-order valence-corrected chi connectivity index (χ1v) is 14.0. The summed E-state index contributed by atoms with van der Waals surface area (Å²) >= 11 is 0. The third-order valence-electron chi connectivity index (χ3n) is 13.2. The van der Waals surface area contributed by atoms with Crippen LogP contribution in [0.5, 0.6) is 0 Å². The Kier molecular flexibility index (Phi) is 5.06. The maximum Gasteiger partial charge on any atom is 0.167 e. The Balaban J connectivity index is 1.60. The molecule has 5 saturated carbocycles. The van der Waals surface area contributed by atoms with Gasteiger partial charge in [0.1, 0.15) is 5.78 Å². The first kappa shape index (κ1) is 24.6. The van der Waals surface area contributed by atoms with E-state index in [-0.39, 0.29) is 39.8 Å². The van der Waals surface area contributed by atoms with Crippen molar-refractivity contribution in [3.63, 3.8) is 0 Å². The molecule has 0 radical (unpaired) electrons. The maximum atomic E-state index is 14.3. The van der Waals surface area contributed by atoms with Gasteiger partial charge in [0, 0.05) is 23.3 Å². The fraction of sp³-hybridized carbons (Fsp3) is 0.871. The van der Waals surface area contributed by atoms with Gasteiger partial charge in [-0.05, 0) is 96.2 Å². The molecule has 190 valence electrons. The van der Waals surface area contributed by atoms with Crippen LogP contribution in [0.1, 0.15) is 113 Å². The van der Waals surface area contributed by atoms with Crippen molar-refractivity contribution in [1.82, 2.24) is 0 Å². The van der Waals surface area contributed by atoms with Gasteiger partial charge in [0.15, 0.2) is 5.78 Å². The number of hydrogen-bond donors (Lipinski definition) is 1. The smallest absolute Gasteiger partial charge is 0.167 e. The van der Waals surface area contributed by atoms with Crippen molar-refractivity contribution in [1.29, 1.82) is 0 Å². The summed E-state index contributed by atoms with van der Waals surface area (Å²) in [6.07, 6.45) is 10.6. The van der Waals surface area contributed by atoms with Gasteiger partial charge in [0.2, 0.25) is 0 Å². The van der Waals surface area contributed by atoms with Crippen LogP contribution >= 0.6 is 0 Å². The van der Waals surface area contributed by atoms with Gasteiger partial charge < -0.3 is 5.11 Å². The number of hydrogen-bond acceptors (Lipinski definition) is 3. The molecule has 0 heterocycles. The minimum absolute atomic E-state index is 0.00721. The summed E-state index contributed by atoms with van der Waals surface area (Å²) in [7, 11) is 0. The average molecular weight is 469 g/mol. The molecule has 5 fully saturated rings. The molecule has 2 unspecified atom stereocenters. The largest absolute Gasteiger partial charge is 0.515 e. The van der Waals surface area contributed by atoms with Crippen LogP contribution in [0.25, 0.3) is 0 Å². The Morgan fingerprint density at radius 2 is 1.47 bits per heavy atom. The second-order valence-electron chi connectivity index (χ2n) is 15.6. The van der Waals surface area contributed by atoms with Crippen LogP contribution in [0.15, 0.2) is 11.8 Å². The highest BCUT2D eigenvalue weighted by atomic mass is 16.2. The Morgan fingerprint density at radius 1 is 0.824 bits per heavy atom. The fourth-order valence-electron chi connectivity index (χ4n) is 10.9. The Bertz CT molecular complexity index is 958. The van der Waals surface area contributed by atoms with Crippen LogP contribution in [-0.2, 0) is 9.59 Å². The molecule has 5 aliphatic rings. The van der Waals surface area contributed by atoms with Crippen molar-refractivity contribution in [3.05, 3.63) is 11.8 Å². The van der Waals surface area contributed by atoms with Gasteiger partial charge in [0.05, 0.1) is 6.26 Å². The van der Waals surface area contributed by atoms with Gasteiger partial charge in [-0.2, -0.15) is 0 Å². The molecule has 1 N–H and O–H groups in total. The van der Waals surface area contributed by atoms with E-state index in [0.29, 0.717) is 40.9 Å². The normalized spacial score (nSPS) is 52.9. The molecule has 0 bridgehead atoms. The summed E-state index contributed by atoms with van der Waals surface area (Å²) in [5.74, 6) is 1.77. The van der Waals surface area contributed by atoms with E-state index in [0.717, 1.165) is 25.5 Å². The zero-order valence-corrected chi connectivity index (χ0v) is 23.0. The minimum Gasteiger partial charge on any atom is -0.515 e. The molecule has 0 aromatic heterocycles. The monoisotopic (exact) mass is 468 g/mol. The van der Waals surface area contributed by atoms with Crippen LogP contribution in [0.4, 0.5) is 0 Å². The van der Waals surface area contributed by atoms with Gasteiger partial charge in [-0.15, -0.1) is 0 Å². The molecule has 0 aromatic carbocycles. The van der Waals surface area contributed by atoms with E-state index < -0.39 is 5.41 Å². The third-order valence-corrected chi connectivity index (χ3v) is 13.2. The number of carbonyl (C=O) groups excluding carboxylic acids is 2. The van der Waals surface area contributed by atoms with Gasteiger partial charge in [0.25, 0.3) is 0 Å². The predicted octanol–water partition coefficient (Wildman–Crippen LogP) is 7.69. The van der Waals surface area contributed by atoms with Crippen LogP contribution in [0.3, 0.4) is 0 Å². The summed E-state index contributed by atoms with van der Waals surface area (Å²) in [5, 5.41) is 10.0. The van der Waals surface area contributed by atoms with E-state index in [1.807, 2.05) is 0 Å². The number of Topliss-reactive ketones (excluding diaryl/α,β-unsaturated/α-hetero) is 2. The lowest BCUT2D eigenvalue weighted by Crippen LogP contribution is -2.68. The lowest BCUT2D eigenvalue weighted by atomic mass is 9.31. The number of fused-ring (bicyclic) bond motifs is 7. The zero-order valence-electron chi connectivity index (χ0n) is 23.0. The Hall–Kier alpha value is -1.12. The lowest BCUT2D eigenvalue weighted by molar-refractivity contribution is -0.229. The number of allylic oxidation sites excluding steroid dienone is 1. The number of ketones is 2. The van der Waals surface area contributed by atoms with Gasteiger partial charge in [-0.1, -0.05) is 55.4 Å². The molecule has 3 heteroatoms. The lowest BCUT2D eigenvalue weighted by Gasteiger charge is -2.72. The van der Waals surface area contributed by atoms with Crippen molar-refractivity contribution in [2.75, 3.05) is 0 Å². The standard InChI is InChI=1S/C31H48O3/c1-26(2)11-12-28(5)13-14-31(8)24(20(28)17-26)21(33)15-23-29(6)16-19(18-32)25(34)27(3,4)22(29)9-10-30(23,31)7/h18,20,22-24,32H,9-17H2,1-8H3/b19-18+/t20?,22-,23+,24?,28+,29-,30+,31+/m0/s1. The van der Waals surface area contributed by atoms with Crippen LogP contribution in [0, 0.1) is 56.2 Å². The summed E-state index contributed by atoms with van der Waals surface area (Å²) in [4.78, 5) is 27.5. The minimum atomic E-state index is -0.498. The predicted molar refractivity (Wildman–Crippen MR) is 136 cm³/mol. The molecule has 0 aromatic rings. The second kappa shape index (κ2) is 7.00. The molecule has 5 aliphatic carbocycles. The summed E-state index contributed by atoms with van der Waals surface area (Å²) < 4.78 is 0. The van der Waals surface area contributed by atoms with Crippen LogP contribution in [-0.4, -0.2) is 16.7 Å². The fourth-order valence-corrected chi connectivity index (χ4v) is 10.9. The van der Waals surface area contributed by atoms with Crippen molar-refractivity contribution >= 4 is 11.6 Å². The van der Waals surface area contributed by atoms with Crippen LogP contribution < -0.4 is 0 Å². The number of aliphatic hydroxyl groups is 1. The second-order valence-corrected chi connectivity index (χ2v) is 15.6. The third kappa shape index (κ3) is 2.88. The molecular formula is C31H48O3. The maximum absolute atomic E-state index is 14.3. The summed E-state index contributed by atoms with van der Waals surface area (Å²) in [5.41, 5.74) is 0.629. The topological polar surface area (TPSA) is 54.4 Å². The molecule has 34 heavy (non-hydrogen) atoms. The molecule has 3 nitrogen and oxygen atoms in total. The van der Waals surface area contributed by atoms with Gasteiger partial charge >= 0.3 is 0 Å². The molecule has 0 saturated heterocycles. The van der Waals surface area contributed by atoms with E-state index in [2.05, 4.69) is 55.4 Å².